The molecule has 0 aliphatic carbocycles. The number of anilines is 1. The Labute approximate surface area is 176 Å². The minimum atomic E-state index is -0.122. The summed E-state index contributed by atoms with van der Waals surface area (Å²) in [7, 11) is 1.67. The van der Waals surface area contributed by atoms with E-state index in [-0.39, 0.29) is 11.9 Å². The minimum absolute atomic E-state index is 0.0106. The van der Waals surface area contributed by atoms with Gasteiger partial charge in [0, 0.05) is 31.9 Å². The van der Waals surface area contributed by atoms with E-state index in [1.54, 1.807) is 19.2 Å². The fourth-order valence-corrected chi connectivity index (χ4v) is 3.62. The van der Waals surface area contributed by atoms with Gasteiger partial charge in [-0.05, 0) is 48.9 Å². The van der Waals surface area contributed by atoms with Gasteiger partial charge in [-0.3, -0.25) is 9.69 Å². The average Bonchev–Trinajstić information content (AvgIpc) is 2.70. The van der Waals surface area contributed by atoms with Gasteiger partial charge < -0.3 is 15.0 Å². The summed E-state index contributed by atoms with van der Waals surface area (Å²) >= 11 is 12.0. The second-order valence-corrected chi connectivity index (χ2v) is 7.74. The topological polar surface area (TPSA) is 44.8 Å². The van der Waals surface area contributed by atoms with Crippen LogP contribution in [0.25, 0.3) is 0 Å². The molecule has 2 aromatic carbocycles. The van der Waals surface area contributed by atoms with E-state index in [2.05, 4.69) is 27.2 Å². The Morgan fingerprint density at radius 2 is 1.75 bits per heavy atom. The van der Waals surface area contributed by atoms with Crippen LogP contribution in [0.2, 0.25) is 10.0 Å². The summed E-state index contributed by atoms with van der Waals surface area (Å²) in [4.78, 5) is 16.9. The van der Waals surface area contributed by atoms with Gasteiger partial charge in [0.15, 0.2) is 0 Å². The Bertz CT molecular complexity index is 806. The zero-order chi connectivity index (χ0) is 20.1. The van der Waals surface area contributed by atoms with Gasteiger partial charge in [-0.2, -0.15) is 0 Å². The lowest BCUT2D eigenvalue weighted by Crippen LogP contribution is -2.49. The molecular weight excluding hydrogens is 397 g/mol. The van der Waals surface area contributed by atoms with Crippen molar-refractivity contribution in [2.24, 2.45) is 0 Å². The molecule has 1 aliphatic rings. The van der Waals surface area contributed by atoms with E-state index in [0.717, 1.165) is 37.5 Å². The third-order valence-corrected chi connectivity index (χ3v) is 5.74. The summed E-state index contributed by atoms with van der Waals surface area (Å²) in [6.07, 6.45) is 0. The largest absolute Gasteiger partial charge is 0.497 e. The van der Waals surface area contributed by atoms with E-state index in [1.807, 2.05) is 25.1 Å². The van der Waals surface area contributed by atoms with Crippen LogP contribution in [-0.4, -0.2) is 50.6 Å². The van der Waals surface area contributed by atoms with E-state index in [4.69, 9.17) is 27.9 Å². The first kappa shape index (κ1) is 20.8. The molecule has 28 heavy (non-hydrogen) atoms. The third kappa shape index (κ3) is 5.31. The predicted molar refractivity (Wildman–Crippen MR) is 115 cm³/mol. The first-order valence-corrected chi connectivity index (χ1v) is 10.1. The lowest BCUT2D eigenvalue weighted by molar-refractivity contribution is -0.123. The Morgan fingerprint density at radius 1 is 1.07 bits per heavy atom. The van der Waals surface area contributed by atoms with Crippen LogP contribution < -0.4 is 15.0 Å². The van der Waals surface area contributed by atoms with Gasteiger partial charge in [0.05, 0.1) is 29.7 Å². The standard InChI is InChI=1S/C21H25Cl2N3O2/c1-15(16-3-8-19(22)20(23)13-16)24-21(27)14-25-9-11-26(12-10-25)17-4-6-18(28-2)7-5-17/h3-8,13,15H,9-12,14H2,1-2H3,(H,24,27)/t15-/m0/s1. The number of amides is 1. The van der Waals surface area contributed by atoms with E-state index in [9.17, 15) is 4.79 Å². The first-order chi connectivity index (χ1) is 13.5. The maximum atomic E-state index is 12.4. The van der Waals surface area contributed by atoms with Crippen molar-refractivity contribution in [3.05, 3.63) is 58.1 Å². The van der Waals surface area contributed by atoms with Gasteiger partial charge in [0.1, 0.15) is 5.75 Å². The molecule has 0 radical (unpaired) electrons. The maximum Gasteiger partial charge on any atom is 0.234 e. The highest BCUT2D eigenvalue weighted by Gasteiger charge is 2.20. The van der Waals surface area contributed by atoms with Crippen LogP contribution in [0, 0.1) is 0 Å². The maximum absolute atomic E-state index is 12.4. The van der Waals surface area contributed by atoms with Crippen molar-refractivity contribution < 1.29 is 9.53 Å². The molecule has 3 rings (SSSR count). The van der Waals surface area contributed by atoms with Crippen LogP contribution in [0.3, 0.4) is 0 Å². The van der Waals surface area contributed by atoms with Crippen LogP contribution in [0.5, 0.6) is 5.75 Å². The van der Waals surface area contributed by atoms with Crippen molar-refractivity contribution in [1.29, 1.82) is 0 Å². The molecule has 1 amide bonds. The zero-order valence-electron chi connectivity index (χ0n) is 16.1. The van der Waals surface area contributed by atoms with E-state index >= 15 is 0 Å². The van der Waals surface area contributed by atoms with E-state index in [0.29, 0.717) is 16.6 Å². The molecular formula is C21H25Cl2N3O2. The number of methoxy groups -OCH3 is 1. The lowest BCUT2D eigenvalue weighted by Gasteiger charge is -2.36. The van der Waals surface area contributed by atoms with Gasteiger partial charge in [0.2, 0.25) is 5.91 Å². The van der Waals surface area contributed by atoms with Crippen molar-refractivity contribution in [3.63, 3.8) is 0 Å². The van der Waals surface area contributed by atoms with E-state index in [1.165, 1.54) is 5.69 Å². The Kier molecular flexibility index (Phi) is 7.05. The fourth-order valence-electron chi connectivity index (χ4n) is 3.31. The van der Waals surface area contributed by atoms with Crippen molar-refractivity contribution in [3.8, 4) is 5.75 Å². The summed E-state index contributed by atoms with van der Waals surface area (Å²) in [5, 5.41) is 4.04. The molecule has 1 fully saturated rings. The molecule has 1 heterocycles. The lowest BCUT2D eigenvalue weighted by atomic mass is 10.1. The van der Waals surface area contributed by atoms with Crippen LogP contribution in [0.1, 0.15) is 18.5 Å². The molecule has 150 valence electrons. The number of carbonyl (C=O) groups excluding carboxylic acids is 1. The Morgan fingerprint density at radius 3 is 2.36 bits per heavy atom. The molecule has 1 N–H and O–H groups in total. The number of nitrogens with one attached hydrogen (secondary N) is 1. The molecule has 1 atom stereocenters. The second kappa shape index (κ2) is 9.50. The summed E-state index contributed by atoms with van der Waals surface area (Å²) in [6, 6.07) is 13.4. The van der Waals surface area contributed by atoms with Crippen molar-refractivity contribution in [2.45, 2.75) is 13.0 Å². The first-order valence-electron chi connectivity index (χ1n) is 9.32. The molecule has 0 bridgehead atoms. The van der Waals surface area contributed by atoms with Crippen LogP contribution in [0.4, 0.5) is 5.69 Å². The molecule has 0 aromatic heterocycles. The number of benzene rings is 2. The second-order valence-electron chi connectivity index (χ2n) is 6.92. The Hall–Kier alpha value is -1.95. The van der Waals surface area contributed by atoms with Crippen LogP contribution in [0.15, 0.2) is 42.5 Å². The molecule has 0 unspecified atom stereocenters. The van der Waals surface area contributed by atoms with Gasteiger partial charge in [0.25, 0.3) is 0 Å². The van der Waals surface area contributed by atoms with Crippen molar-refractivity contribution in [2.75, 3.05) is 44.7 Å². The van der Waals surface area contributed by atoms with Crippen molar-refractivity contribution in [1.82, 2.24) is 10.2 Å². The quantitative estimate of drug-likeness (QED) is 0.765. The number of rotatable bonds is 6. The zero-order valence-corrected chi connectivity index (χ0v) is 17.6. The number of piperazine rings is 1. The molecule has 0 spiro atoms. The number of ether oxygens (including phenoxy) is 1. The molecule has 0 saturated carbocycles. The van der Waals surface area contributed by atoms with Crippen molar-refractivity contribution >= 4 is 34.8 Å². The number of hydrogen-bond acceptors (Lipinski definition) is 4. The van der Waals surface area contributed by atoms with Gasteiger partial charge in [-0.25, -0.2) is 0 Å². The number of carbonyl (C=O) groups is 1. The summed E-state index contributed by atoms with van der Waals surface area (Å²) in [5.74, 6) is 0.867. The monoisotopic (exact) mass is 421 g/mol. The molecule has 1 aliphatic heterocycles. The van der Waals surface area contributed by atoms with Gasteiger partial charge in [-0.15, -0.1) is 0 Å². The third-order valence-electron chi connectivity index (χ3n) is 5.00. The average molecular weight is 422 g/mol. The number of halogens is 2. The predicted octanol–water partition coefficient (Wildman–Crippen LogP) is 4.00. The van der Waals surface area contributed by atoms with Crippen LogP contribution >= 0.6 is 23.2 Å². The summed E-state index contributed by atoms with van der Waals surface area (Å²) in [6.45, 7) is 5.81. The summed E-state index contributed by atoms with van der Waals surface area (Å²) < 4.78 is 5.21. The fraction of sp³-hybridized carbons (Fsp3) is 0.381. The highest BCUT2D eigenvalue weighted by atomic mass is 35.5. The summed E-state index contributed by atoms with van der Waals surface area (Å²) in [5.41, 5.74) is 2.12. The normalized spacial score (nSPS) is 15.9. The van der Waals surface area contributed by atoms with E-state index < -0.39 is 0 Å². The van der Waals surface area contributed by atoms with Crippen LogP contribution in [-0.2, 0) is 4.79 Å². The molecule has 2 aromatic rings. The molecule has 5 nitrogen and oxygen atoms in total. The minimum Gasteiger partial charge on any atom is -0.497 e. The number of hydrogen-bond donors (Lipinski definition) is 1. The molecule has 1 saturated heterocycles. The highest BCUT2D eigenvalue weighted by molar-refractivity contribution is 6.42. The molecule has 7 heteroatoms. The number of nitrogens with zero attached hydrogens (tertiary/aromatic N) is 2. The smallest absolute Gasteiger partial charge is 0.234 e. The SMILES string of the molecule is COc1ccc(N2CCN(CC(=O)N[C@@H](C)c3ccc(Cl)c(Cl)c3)CC2)cc1. The van der Waals surface area contributed by atoms with Gasteiger partial charge >= 0.3 is 0 Å². The van der Waals surface area contributed by atoms with Gasteiger partial charge in [-0.1, -0.05) is 29.3 Å². The highest BCUT2D eigenvalue weighted by Crippen LogP contribution is 2.25. The Balaban J connectivity index is 1.47.